The molecule has 0 radical (unpaired) electrons. The van der Waals surface area contributed by atoms with Gasteiger partial charge in [-0.15, -0.1) is 0 Å². The van der Waals surface area contributed by atoms with E-state index in [1.165, 1.54) is 0 Å². The molecule has 1 aliphatic heterocycles. The van der Waals surface area contributed by atoms with Crippen LogP contribution >= 0.6 is 0 Å². The molecule has 8 nitrogen and oxygen atoms in total. The Bertz CT molecular complexity index is 655. The number of carbonyl (C=O) groups is 3. The van der Waals surface area contributed by atoms with Crippen LogP contribution in [-0.4, -0.2) is 64.5 Å². The van der Waals surface area contributed by atoms with E-state index in [1.807, 2.05) is 18.2 Å². The molecule has 1 aromatic heterocycles. The summed E-state index contributed by atoms with van der Waals surface area (Å²) in [5.74, 6) is -0.245. The smallest absolute Gasteiger partial charge is 0.303 e. The Morgan fingerprint density at radius 2 is 1.81 bits per heavy atom. The molecule has 0 atom stereocenters. The number of carbonyl (C=O) groups excluding carboxylic acids is 2. The van der Waals surface area contributed by atoms with Crippen LogP contribution in [0.5, 0.6) is 0 Å². The zero-order valence-corrected chi connectivity index (χ0v) is 16.0. The first kappa shape index (κ1) is 20.7. The molecule has 148 valence electrons. The molecule has 1 fully saturated rings. The molecule has 1 aliphatic rings. The van der Waals surface area contributed by atoms with Gasteiger partial charge in [0, 0.05) is 57.2 Å². The van der Waals surface area contributed by atoms with Gasteiger partial charge in [-0.3, -0.25) is 14.4 Å². The van der Waals surface area contributed by atoms with Gasteiger partial charge in [0.1, 0.15) is 5.82 Å². The van der Waals surface area contributed by atoms with Crippen molar-refractivity contribution in [1.29, 1.82) is 0 Å². The number of rotatable bonds is 8. The van der Waals surface area contributed by atoms with Crippen LogP contribution in [0.2, 0.25) is 0 Å². The highest BCUT2D eigenvalue weighted by atomic mass is 16.4. The van der Waals surface area contributed by atoms with Crippen molar-refractivity contribution in [3.63, 3.8) is 0 Å². The van der Waals surface area contributed by atoms with Gasteiger partial charge in [0.25, 0.3) is 0 Å². The molecule has 27 heavy (non-hydrogen) atoms. The summed E-state index contributed by atoms with van der Waals surface area (Å²) in [7, 11) is 0. The molecule has 0 unspecified atom stereocenters. The lowest BCUT2D eigenvalue weighted by Gasteiger charge is -2.35. The molecule has 0 bridgehead atoms. The molecule has 2 amide bonds. The van der Waals surface area contributed by atoms with Crippen LogP contribution in [0.3, 0.4) is 0 Å². The number of carboxylic acids is 1. The largest absolute Gasteiger partial charge is 0.481 e. The van der Waals surface area contributed by atoms with E-state index in [4.69, 9.17) is 5.11 Å². The summed E-state index contributed by atoms with van der Waals surface area (Å²) in [5, 5.41) is 11.6. The Labute approximate surface area is 159 Å². The Hall–Kier alpha value is -2.64. The summed E-state index contributed by atoms with van der Waals surface area (Å²) >= 11 is 0. The van der Waals surface area contributed by atoms with Gasteiger partial charge in [-0.1, -0.05) is 6.07 Å². The topological polar surface area (TPSA) is 103 Å². The van der Waals surface area contributed by atoms with Crippen molar-refractivity contribution in [2.75, 3.05) is 31.1 Å². The number of piperazine rings is 1. The summed E-state index contributed by atoms with van der Waals surface area (Å²) in [6, 6.07) is 5.77. The number of hydrogen-bond donors (Lipinski definition) is 2. The molecule has 1 aromatic rings. The van der Waals surface area contributed by atoms with Crippen LogP contribution in [-0.2, 0) is 14.4 Å². The van der Waals surface area contributed by atoms with Gasteiger partial charge in [-0.2, -0.15) is 0 Å². The Balaban J connectivity index is 1.71. The number of aliphatic carboxylic acids is 1. The minimum absolute atomic E-state index is 0.00718. The number of nitrogens with one attached hydrogen (secondary N) is 1. The predicted molar refractivity (Wildman–Crippen MR) is 101 cm³/mol. The van der Waals surface area contributed by atoms with Gasteiger partial charge in [0.2, 0.25) is 11.8 Å². The molecule has 0 aromatic carbocycles. The number of pyridine rings is 1. The van der Waals surface area contributed by atoms with E-state index in [2.05, 4.69) is 15.2 Å². The van der Waals surface area contributed by atoms with Crippen LogP contribution in [0, 0.1) is 0 Å². The third-order valence-corrected chi connectivity index (χ3v) is 4.61. The van der Waals surface area contributed by atoms with Crippen LogP contribution < -0.4 is 10.2 Å². The van der Waals surface area contributed by atoms with Crippen LogP contribution in [0.25, 0.3) is 0 Å². The maximum atomic E-state index is 12.4. The SMILES string of the molecule is CC(C)(CCC(=O)O)NC(=O)CCC(=O)N1CCN(c2ccccn2)CC1. The van der Waals surface area contributed by atoms with Gasteiger partial charge in [-0.05, 0) is 32.4 Å². The second-order valence-corrected chi connectivity index (χ2v) is 7.38. The highest BCUT2D eigenvalue weighted by molar-refractivity contribution is 5.84. The first-order valence-corrected chi connectivity index (χ1v) is 9.23. The number of hydrogen-bond acceptors (Lipinski definition) is 5. The summed E-state index contributed by atoms with van der Waals surface area (Å²) in [6.07, 6.45) is 2.36. The number of amides is 2. The number of anilines is 1. The summed E-state index contributed by atoms with van der Waals surface area (Å²) < 4.78 is 0. The van der Waals surface area contributed by atoms with E-state index in [9.17, 15) is 14.4 Å². The maximum absolute atomic E-state index is 12.4. The van der Waals surface area contributed by atoms with E-state index in [1.54, 1.807) is 24.9 Å². The Kier molecular flexibility index (Phi) is 7.15. The van der Waals surface area contributed by atoms with E-state index in [0.717, 1.165) is 18.9 Å². The minimum atomic E-state index is -0.891. The Morgan fingerprint density at radius 1 is 1.11 bits per heavy atom. The van der Waals surface area contributed by atoms with Gasteiger partial charge in [-0.25, -0.2) is 4.98 Å². The standard InChI is InChI=1S/C19H28N4O4/c1-19(2,9-8-18(26)27)21-16(24)6-7-17(25)23-13-11-22(12-14-23)15-5-3-4-10-20-15/h3-5,10H,6-9,11-14H2,1-2H3,(H,21,24)(H,26,27). The Morgan fingerprint density at radius 3 is 2.41 bits per heavy atom. The van der Waals surface area contributed by atoms with Crippen molar-refractivity contribution in [3.8, 4) is 0 Å². The molecule has 0 saturated carbocycles. The van der Waals surface area contributed by atoms with Crippen molar-refractivity contribution in [3.05, 3.63) is 24.4 Å². The summed E-state index contributed by atoms with van der Waals surface area (Å²) in [5.41, 5.74) is -0.604. The molecule has 0 aliphatic carbocycles. The highest BCUT2D eigenvalue weighted by Gasteiger charge is 2.24. The van der Waals surface area contributed by atoms with Crippen LogP contribution in [0.4, 0.5) is 5.82 Å². The predicted octanol–water partition coefficient (Wildman–Crippen LogP) is 1.27. The molecule has 2 heterocycles. The second kappa shape index (κ2) is 9.34. The van der Waals surface area contributed by atoms with E-state index >= 15 is 0 Å². The van der Waals surface area contributed by atoms with E-state index in [-0.39, 0.29) is 31.1 Å². The van der Waals surface area contributed by atoms with Crippen LogP contribution in [0.1, 0.15) is 39.5 Å². The fourth-order valence-corrected chi connectivity index (χ4v) is 3.03. The molecular formula is C19H28N4O4. The van der Waals surface area contributed by atoms with Gasteiger partial charge in [0.15, 0.2) is 0 Å². The normalized spacial score (nSPS) is 14.7. The summed E-state index contributed by atoms with van der Waals surface area (Å²) in [4.78, 5) is 43.4. The van der Waals surface area contributed by atoms with Crippen molar-refractivity contribution >= 4 is 23.6 Å². The van der Waals surface area contributed by atoms with E-state index < -0.39 is 11.5 Å². The van der Waals surface area contributed by atoms with Crippen molar-refractivity contribution in [1.82, 2.24) is 15.2 Å². The third-order valence-electron chi connectivity index (χ3n) is 4.61. The highest BCUT2D eigenvalue weighted by Crippen LogP contribution is 2.14. The fourth-order valence-electron chi connectivity index (χ4n) is 3.03. The lowest BCUT2D eigenvalue weighted by Crippen LogP contribution is -2.49. The van der Waals surface area contributed by atoms with Crippen molar-refractivity contribution in [2.45, 2.75) is 45.1 Å². The first-order valence-electron chi connectivity index (χ1n) is 9.23. The average Bonchev–Trinajstić information content (AvgIpc) is 2.65. The van der Waals surface area contributed by atoms with Crippen molar-refractivity contribution < 1.29 is 19.5 Å². The van der Waals surface area contributed by atoms with Crippen molar-refractivity contribution in [2.24, 2.45) is 0 Å². The quantitative estimate of drug-likeness (QED) is 0.708. The molecule has 2 N–H and O–H groups in total. The van der Waals surface area contributed by atoms with Crippen LogP contribution in [0.15, 0.2) is 24.4 Å². The molecule has 0 spiro atoms. The first-order chi connectivity index (χ1) is 12.8. The zero-order chi connectivity index (χ0) is 19.9. The van der Waals surface area contributed by atoms with Gasteiger partial charge < -0.3 is 20.2 Å². The fraction of sp³-hybridized carbons (Fsp3) is 0.579. The summed E-state index contributed by atoms with van der Waals surface area (Å²) in [6.45, 7) is 6.23. The lowest BCUT2D eigenvalue weighted by atomic mass is 9.98. The second-order valence-electron chi connectivity index (χ2n) is 7.38. The lowest BCUT2D eigenvalue weighted by molar-refractivity contribution is -0.137. The third kappa shape index (κ3) is 6.88. The van der Waals surface area contributed by atoms with E-state index in [0.29, 0.717) is 19.5 Å². The molecular weight excluding hydrogens is 348 g/mol. The molecule has 2 rings (SSSR count). The average molecular weight is 376 g/mol. The van der Waals surface area contributed by atoms with Gasteiger partial charge >= 0.3 is 5.97 Å². The zero-order valence-electron chi connectivity index (χ0n) is 16.0. The van der Waals surface area contributed by atoms with Gasteiger partial charge in [0.05, 0.1) is 0 Å². The monoisotopic (exact) mass is 376 g/mol. The number of aromatic nitrogens is 1. The number of carboxylic acid groups (broad SMARTS) is 1. The maximum Gasteiger partial charge on any atom is 0.303 e. The number of nitrogens with zero attached hydrogens (tertiary/aromatic N) is 3. The minimum Gasteiger partial charge on any atom is -0.481 e. The molecule has 8 heteroatoms. The molecule has 1 saturated heterocycles.